The fraction of sp³-hybridized carbons (Fsp3) is 0. The number of hydrogen-bond acceptors (Lipinski definition) is 2. The zero-order valence-corrected chi connectivity index (χ0v) is 8.36. The summed E-state index contributed by atoms with van der Waals surface area (Å²) in [5.41, 5.74) is 3.40. The van der Waals surface area contributed by atoms with E-state index in [0.29, 0.717) is 0 Å². The lowest BCUT2D eigenvalue weighted by Gasteiger charge is -2.00. The molecular formula is C10H10B2N2. The summed E-state index contributed by atoms with van der Waals surface area (Å²) in [6.45, 7) is 0. The van der Waals surface area contributed by atoms with E-state index in [1.54, 1.807) is 0 Å². The molecule has 14 heavy (non-hydrogen) atoms. The van der Waals surface area contributed by atoms with Crippen LogP contribution in [-0.2, 0) is 0 Å². The second-order valence-electron chi connectivity index (χ2n) is 3.45. The minimum Gasteiger partial charge on any atom is -0.237 e. The fourth-order valence-electron chi connectivity index (χ4n) is 1.24. The van der Waals surface area contributed by atoms with Crippen molar-refractivity contribution < 1.29 is 0 Å². The SMILES string of the molecule is Bc1ccc(-c2ncc(B)cn2)cc1. The van der Waals surface area contributed by atoms with Crippen LogP contribution in [0.2, 0.25) is 0 Å². The number of hydrogen-bond donors (Lipinski definition) is 0. The summed E-state index contributed by atoms with van der Waals surface area (Å²) in [4.78, 5) is 8.53. The van der Waals surface area contributed by atoms with Crippen LogP contribution in [0.3, 0.4) is 0 Å². The highest BCUT2D eigenvalue weighted by atomic mass is 14.9. The second kappa shape index (κ2) is 3.66. The van der Waals surface area contributed by atoms with Crippen molar-refractivity contribution in [2.75, 3.05) is 0 Å². The largest absolute Gasteiger partial charge is 0.237 e. The normalized spacial score (nSPS) is 10.0. The van der Waals surface area contributed by atoms with Gasteiger partial charge in [0.2, 0.25) is 0 Å². The molecule has 1 heterocycles. The molecule has 4 heteroatoms. The average molecular weight is 180 g/mol. The van der Waals surface area contributed by atoms with E-state index in [9.17, 15) is 0 Å². The number of rotatable bonds is 1. The molecule has 0 radical (unpaired) electrons. The van der Waals surface area contributed by atoms with Crippen molar-refractivity contribution in [3.8, 4) is 11.4 Å². The third-order valence-corrected chi connectivity index (χ3v) is 2.09. The molecule has 0 bridgehead atoms. The van der Waals surface area contributed by atoms with E-state index in [1.807, 2.05) is 32.4 Å². The van der Waals surface area contributed by atoms with E-state index in [1.165, 1.54) is 5.46 Å². The molecule has 0 spiro atoms. The van der Waals surface area contributed by atoms with Crippen molar-refractivity contribution >= 4 is 26.6 Å². The molecule has 0 aliphatic heterocycles. The highest BCUT2D eigenvalue weighted by Gasteiger charge is 1.98. The molecule has 0 fully saturated rings. The van der Waals surface area contributed by atoms with Crippen LogP contribution in [0.4, 0.5) is 0 Å². The Balaban J connectivity index is 2.40. The van der Waals surface area contributed by atoms with Crippen LogP contribution in [0.15, 0.2) is 36.7 Å². The third-order valence-electron chi connectivity index (χ3n) is 2.09. The van der Waals surface area contributed by atoms with E-state index in [-0.39, 0.29) is 0 Å². The first-order valence-corrected chi connectivity index (χ1v) is 4.61. The van der Waals surface area contributed by atoms with Gasteiger partial charge in [-0.3, -0.25) is 0 Å². The molecule has 2 nitrogen and oxygen atoms in total. The van der Waals surface area contributed by atoms with E-state index >= 15 is 0 Å². The summed E-state index contributed by atoms with van der Waals surface area (Å²) >= 11 is 0. The molecule has 0 saturated heterocycles. The van der Waals surface area contributed by atoms with Gasteiger partial charge < -0.3 is 0 Å². The van der Waals surface area contributed by atoms with Crippen LogP contribution in [0.25, 0.3) is 11.4 Å². The quantitative estimate of drug-likeness (QED) is 0.507. The van der Waals surface area contributed by atoms with E-state index in [4.69, 9.17) is 0 Å². The smallest absolute Gasteiger partial charge is 0.159 e. The van der Waals surface area contributed by atoms with Gasteiger partial charge >= 0.3 is 0 Å². The van der Waals surface area contributed by atoms with Crippen LogP contribution in [0.5, 0.6) is 0 Å². The van der Waals surface area contributed by atoms with Crippen molar-refractivity contribution in [3.63, 3.8) is 0 Å². The van der Waals surface area contributed by atoms with Gasteiger partial charge in [-0.25, -0.2) is 9.97 Å². The van der Waals surface area contributed by atoms with Crippen LogP contribution in [0, 0.1) is 0 Å². The van der Waals surface area contributed by atoms with E-state index in [0.717, 1.165) is 16.9 Å². The van der Waals surface area contributed by atoms with Crippen molar-refractivity contribution in [2.24, 2.45) is 0 Å². The van der Waals surface area contributed by atoms with Crippen molar-refractivity contribution in [3.05, 3.63) is 36.7 Å². The van der Waals surface area contributed by atoms with Gasteiger partial charge in [0.1, 0.15) is 15.7 Å². The van der Waals surface area contributed by atoms with E-state index < -0.39 is 0 Å². The molecule has 1 aromatic heterocycles. The summed E-state index contributed by atoms with van der Waals surface area (Å²) < 4.78 is 0. The summed E-state index contributed by atoms with van der Waals surface area (Å²) in [5, 5.41) is 0. The number of nitrogens with zero attached hydrogens (tertiary/aromatic N) is 2. The predicted molar refractivity (Wildman–Crippen MR) is 63.8 cm³/mol. The van der Waals surface area contributed by atoms with Crippen molar-refractivity contribution in [1.29, 1.82) is 0 Å². The topological polar surface area (TPSA) is 25.8 Å². The first kappa shape index (κ1) is 9.00. The van der Waals surface area contributed by atoms with Gasteiger partial charge in [-0.2, -0.15) is 0 Å². The molecule has 1 aromatic carbocycles. The zero-order valence-electron chi connectivity index (χ0n) is 8.36. The first-order valence-electron chi connectivity index (χ1n) is 4.61. The maximum Gasteiger partial charge on any atom is 0.159 e. The molecule has 0 atom stereocenters. The first-order chi connectivity index (χ1) is 6.75. The molecule has 66 valence electrons. The van der Waals surface area contributed by atoms with Crippen LogP contribution < -0.4 is 10.9 Å². The highest BCUT2D eigenvalue weighted by Crippen LogP contribution is 2.10. The molecule has 0 aliphatic rings. The van der Waals surface area contributed by atoms with Gasteiger partial charge in [0, 0.05) is 18.0 Å². The standard InChI is InChI=1S/C10H10B2N2/c11-8-3-1-7(2-4-8)10-13-5-9(12)6-14-10/h1-6H,11-12H2. The molecule has 0 N–H and O–H groups in total. The zero-order chi connectivity index (χ0) is 9.97. The summed E-state index contributed by atoms with van der Waals surface area (Å²) in [6, 6.07) is 8.22. The minimum absolute atomic E-state index is 0.788. The summed E-state index contributed by atoms with van der Waals surface area (Å²) in [6.07, 6.45) is 3.67. The molecule has 0 unspecified atom stereocenters. The third kappa shape index (κ3) is 1.84. The Morgan fingerprint density at radius 3 is 1.93 bits per heavy atom. The van der Waals surface area contributed by atoms with Crippen molar-refractivity contribution in [2.45, 2.75) is 0 Å². The Hall–Kier alpha value is -1.57. The van der Waals surface area contributed by atoms with Gasteiger partial charge in [0.15, 0.2) is 5.82 Å². The molecule has 0 saturated carbocycles. The maximum absolute atomic E-state index is 4.27. The highest BCUT2D eigenvalue weighted by molar-refractivity contribution is 6.32. The van der Waals surface area contributed by atoms with Gasteiger partial charge in [0.25, 0.3) is 0 Å². The van der Waals surface area contributed by atoms with E-state index in [2.05, 4.69) is 29.9 Å². The minimum atomic E-state index is 0.788. The Morgan fingerprint density at radius 1 is 0.786 bits per heavy atom. The molecule has 0 aliphatic carbocycles. The lowest BCUT2D eigenvalue weighted by molar-refractivity contribution is 1.19. The summed E-state index contributed by atoms with van der Waals surface area (Å²) in [7, 11) is 4.05. The summed E-state index contributed by atoms with van der Waals surface area (Å²) in [5.74, 6) is 0.788. The van der Waals surface area contributed by atoms with Crippen LogP contribution >= 0.6 is 0 Å². The molecule has 2 rings (SSSR count). The Kier molecular flexibility index (Phi) is 2.35. The molecular weight excluding hydrogens is 170 g/mol. The number of aromatic nitrogens is 2. The fourth-order valence-corrected chi connectivity index (χ4v) is 1.24. The van der Waals surface area contributed by atoms with Gasteiger partial charge in [0.05, 0.1) is 0 Å². The van der Waals surface area contributed by atoms with Gasteiger partial charge in [-0.05, 0) is 0 Å². The average Bonchev–Trinajstić information content (AvgIpc) is 2.21. The Bertz CT molecular complexity index is 379. The Morgan fingerprint density at radius 2 is 1.36 bits per heavy atom. The second-order valence-corrected chi connectivity index (χ2v) is 3.45. The lowest BCUT2D eigenvalue weighted by atomic mass is 9.95. The van der Waals surface area contributed by atoms with Crippen molar-refractivity contribution in [1.82, 2.24) is 9.97 Å². The van der Waals surface area contributed by atoms with Gasteiger partial charge in [-0.1, -0.05) is 35.2 Å². The lowest BCUT2D eigenvalue weighted by Crippen LogP contribution is -2.05. The van der Waals surface area contributed by atoms with Crippen LogP contribution in [-0.4, -0.2) is 25.7 Å². The van der Waals surface area contributed by atoms with Crippen LogP contribution in [0.1, 0.15) is 0 Å². The predicted octanol–water partition coefficient (Wildman–Crippen LogP) is -1.34. The molecule has 0 amide bonds. The molecule has 2 aromatic rings. The van der Waals surface area contributed by atoms with Gasteiger partial charge in [-0.15, -0.1) is 0 Å². The number of benzene rings is 1. The Labute approximate surface area is 85.2 Å². The maximum atomic E-state index is 4.27. The monoisotopic (exact) mass is 180 g/mol.